The largest absolute Gasteiger partial charge is 0.344 e. The lowest BCUT2D eigenvalue weighted by atomic mass is 10.2. The predicted octanol–water partition coefficient (Wildman–Crippen LogP) is 2.71. The first kappa shape index (κ1) is 19.9. The van der Waals surface area contributed by atoms with Crippen molar-refractivity contribution in [2.45, 2.75) is 24.8 Å². The van der Waals surface area contributed by atoms with Gasteiger partial charge in [-0.25, -0.2) is 17.5 Å². The molecule has 3 rings (SSSR count). The van der Waals surface area contributed by atoms with Crippen LogP contribution in [0.15, 0.2) is 59.8 Å². The van der Waals surface area contributed by atoms with Gasteiger partial charge in [0.15, 0.2) is 6.29 Å². The number of rotatable bonds is 8. The molecule has 1 N–H and O–H groups in total. The molecule has 0 aliphatic rings. The summed E-state index contributed by atoms with van der Waals surface area (Å²) < 4.78 is 42.2. The van der Waals surface area contributed by atoms with Crippen LogP contribution in [0.5, 0.6) is 0 Å². The number of carbonyl (C=O) groups is 1. The molecule has 0 atom stereocenters. The molecule has 0 fully saturated rings. The van der Waals surface area contributed by atoms with Crippen LogP contribution in [0.25, 0.3) is 0 Å². The number of sulfonamides is 1. The number of nitrogens with zero attached hydrogens (tertiary/aromatic N) is 2. The van der Waals surface area contributed by atoms with Crippen LogP contribution in [0.2, 0.25) is 0 Å². The summed E-state index contributed by atoms with van der Waals surface area (Å²) in [6.45, 7) is 2.54. The molecule has 3 aromatic rings. The summed E-state index contributed by atoms with van der Waals surface area (Å²) in [5.74, 6) is -0.496. The van der Waals surface area contributed by atoms with E-state index >= 15 is 0 Å². The summed E-state index contributed by atoms with van der Waals surface area (Å²) >= 11 is 0. The van der Waals surface area contributed by atoms with Gasteiger partial charge in [0.25, 0.3) is 0 Å². The maximum atomic E-state index is 13.0. The molecule has 1 aromatic carbocycles. The normalized spacial score (nSPS) is 11.5. The summed E-state index contributed by atoms with van der Waals surface area (Å²) in [4.78, 5) is 15.4. The number of nitrogens with one attached hydrogen (secondary N) is 1. The van der Waals surface area contributed by atoms with Crippen LogP contribution in [0.1, 0.15) is 27.3 Å². The third-order valence-corrected chi connectivity index (χ3v) is 5.96. The van der Waals surface area contributed by atoms with E-state index in [2.05, 4.69) is 9.71 Å². The first-order chi connectivity index (χ1) is 13.4. The lowest BCUT2D eigenvalue weighted by Crippen LogP contribution is -2.26. The minimum atomic E-state index is -3.73. The molecule has 0 radical (unpaired) electrons. The molecule has 2 heterocycles. The van der Waals surface area contributed by atoms with Crippen molar-refractivity contribution in [3.05, 3.63) is 83.2 Å². The van der Waals surface area contributed by atoms with Crippen LogP contribution in [-0.2, 0) is 23.0 Å². The van der Waals surface area contributed by atoms with Gasteiger partial charge in [0.2, 0.25) is 10.0 Å². The number of hydrogen-bond acceptors (Lipinski definition) is 4. The topological polar surface area (TPSA) is 81.1 Å². The van der Waals surface area contributed by atoms with Crippen molar-refractivity contribution in [1.29, 1.82) is 0 Å². The average molecular weight is 401 g/mol. The van der Waals surface area contributed by atoms with Gasteiger partial charge in [-0.3, -0.25) is 9.78 Å². The third kappa shape index (κ3) is 4.52. The standard InChI is InChI=1S/C20H20FN3O3S/c1-15-17(14-25)11-19(24(15)13-16-3-2-9-22-12-16)8-10-23-28(26,27)20-6-4-18(21)5-7-20/h2-7,9,11-12,14,23H,8,10,13H2,1H3. The van der Waals surface area contributed by atoms with E-state index in [1.165, 1.54) is 12.1 Å². The summed E-state index contributed by atoms with van der Waals surface area (Å²) in [7, 11) is -3.73. The molecule has 28 heavy (non-hydrogen) atoms. The van der Waals surface area contributed by atoms with E-state index in [-0.39, 0.29) is 11.4 Å². The summed E-state index contributed by atoms with van der Waals surface area (Å²) in [5, 5.41) is 0. The van der Waals surface area contributed by atoms with Crippen molar-refractivity contribution in [2.75, 3.05) is 6.54 Å². The number of aldehydes is 1. The highest BCUT2D eigenvalue weighted by Crippen LogP contribution is 2.17. The van der Waals surface area contributed by atoms with E-state index in [9.17, 15) is 17.6 Å². The Morgan fingerprint density at radius 1 is 1.21 bits per heavy atom. The summed E-state index contributed by atoms with van der Waals surface area (Å²) in [6.07, 6.45) is 4.63. The highest BCUT2D eigenvalue weighted by molar-refractivity contribution is 7.89. The van der Waals surface area contributed by atoms with E-state index in [1.807, 2.05) is 23.6 Å². The van der Waals surface area contributed by atoms with Crippen LogP contribution in [0.4, 0.5) is 4.39 Å². The quantitative estimate of drug-likeness (QED) is 0.589. The fraction of sp³-hybridized carbons (Fsp3) is 0.200. The molecule has 0 spiro atoms. The van der Waals surface area contributed by atoms with Gasteiger partial charge >= 0.3 is 0 Å². The zero-order valence-electron chi connectivity index (χ0n) is 15.3. The second-order valence-corrected chi connectivity index (χ2v) is 8.11. The molecule has 2 aromatic heterocycles. The molecule has 146 valence electrons. The highest BCUT2D eigenvalue weighted by atomic mass is 32.2. The smallest absolute Gasteiger partial charge is 0.240 e. The van der Waals surface area contributed by atoms with E-state index in [0.717, 1.165) is 35.4 Å². The van der Waals surface area contributed by atoms with Crippen molar-refractivity contribution in [3.8, 4) is 0 Å². The maximum Gasteiger partial charge on any atom is 0.240 e. The van der Waals surface area contributed by atoms with Crippen LogP contribution in [0.3, 0.4) is 0 Å². The van der Waals surface area contributed by atoms with Crippen LogP contribution >= 0.6 is 0 Å². The van der Waals surface area contributed by atoms with E-state index in [4.69, 9.17) is 0 Å². The van der Waals surface area contributed by atoms with Gasteiger partial charge in [-0.05, 0) is 48.9 Å². The van der Waals surface area contributed by atoms with Crippen LogP contribution in [-0.4, -0.2) is 30.8 Å². The number of benzene rings is 1. The van der Waals surface area contributed by atoms with Gasteiger partial charge in [0.1, 0.15) is 5.82 Å². The first-order valence-corrected chi connectivity index (χ1v) is 10.2. The Bertz CT molecular complexity index is 1060. The molecule has 0 aliphatic carbocycles. The fourth-order valence-corrected chi connectivity index (χ4v) is 4.00. The van der Waals surface area contributed by atoms with Gasteiger partial charge in [0.05, 0.1) is 4.90 Å². The lowest BCUT2D eigenvalue weighted by molar-refractivity contribution is 0.112. The fourth-order valence-electron chi connectivity index (χ4n) is 2.96. The van der Waals surface area contributed by atoms with Gasteiger partial charge in [0, 0.05) is 48.9 Å². The Morgan fingerprint density at radius 3 is 2.61 bits per heavy atom. The third-order valence-electron chi connectivity index (χ3n) is 4.48. The summed E-state index contributed by atoms with van der Waals surface area (Å²) in [5.41, 5.74) is 3.20. The molecule has 0 aliphatic heterocycles. The molecule has 0 saturated heterocycles. The predicted molar refractivity (Wildman–Crippen MR) is 103 cm³/mol. The van der Waals surface area contributed by atoms with Gasteiger partial charge in [-0.15, -0.1) is 0 Å². The van der Waals surface area contributed by atoms with Crippen molar-refractivity contribution in [2.24, 2.45) is 0 Å². The SMILES string of the molecule is Cc1c(C=O)cc(CCNS(=O)(=O)c2ccc(F)cc2)n1Cc1cccnc1. The van der Waals surface area contributed by atoms with Gasteiger partial charge in [-0.1, -0.05) is 6.07 Å². The van der Waals surface area contributed by atoms with Crippen molar-refractivity contribution >= 4 is 16.3 Å². The van der Waals surface area contributed by atoms with Gasteiger partial charge < -0.3 is 4.57 Å². The average Bonchev–Trinajstić information content (AvgIpc) is 2.98. The van der Waals surface area contributed by atoms with E-state index in [0.29, 0.717) is 18.5 Å². The number of halogens is 1. The Morgan fingerprint density at radius 2 is 1.96 bits per heavy atom. The minimum Gasteiger partial charge on any atom is -0.344 e. The molecule has 0 unspecified atom stereocenters. The second-order valence-electron chi connectivity index (χ2n) is 6.34. The first-order valence-electron chi connectivity index (χ1n) is 8.69. The number of carbonyl (C=O) groups excluding carboxylic acids is 1. The number of pyridine rings is 1. The number of hydrogen-bond donors (Lipinski definition) is 1. The Labute approximate surface area is 163 Å². The molecule has 0 saturated carbocycles. The van der Waals surface area contributed by atoms with E-state index in [1.54, 1.807) is 18.5 Å². The second kappa shape index (κ2) is 8.45. The van der Waals surface area contributed by atoms with Crippen LogP contribution < -0.4 is 4.72 Å². The highest BCUT2D eigenvalue weighted by Gasteiger charge is 2.16. The Hall–Kier alpha value is -2.84. The Kier molecular flexibility index (Phi) is 6.01. The molecule has 0 bridgehead atoms. The monoisotopic (exact) mass is 401 g/mol. The zero-order valence-corrected chi connectivity index (χ0v) is 16.1. The maximum absolute atomic E-state index is 13.0. The molecule has 0 amide bonds. The van der Waals surface area contributed by atoms with Crippen molar-refractivity contribution in [1.82, 2.24) is 14.3 Å². The minimum absolute atomic E-state index is 0.00408. The number of aromatic nitrogens is 2. The Balaban J connectivity index is 1.75. The molecule has 6 nitrogen and oxygen atoms in total. The molecule has 8 heteroatoms. The zero-order chi connectivity index (χ0) is 20.1. The van der Waals surface area contributed by atoms with Gasteiger partial charge in [-0.2, -0.15) is 0 Å². The summed E-state index contributed by atoms with van der Waals surface area (Å²) in [6, 6.07) is 10.2. The van der Waals surface area contributed by atoms with Crippen LogP contribution in [0, 0.1) is 12.7 Å². The molecular weight excluding hydrogens is 381 g/mol. The van der Waals surface area contributed by atoms with Crippen molar-refractivity contribution < 1.29 is 17.6 Å². The van der Waals surface area contributed by atoms with Crippen molar-refractivity contribution in [3.63, 3.8) is 0 Å². The lowest BCUT2D eigenvalue weighted by Gasteiger charge is -2.12. The van der Waals surface area contributed by atoms with E-state index < -0.39 is 15.8 Å². The molecular formula is C20H20FN3O3S.